The van der Waals surface area contributed by atoms with E-state index in [1.54, 1.807) is 6.20 Å². The smallest absolute Gasteiger partial charge is 0.0816 e. The van der Waals surface area contributed by atoms with E-state index < -0.39 is 0 Å². The summed E-state index contributed by atoms with van der Waals surface area (Å²) in [6, 6.07) is 13.6. The number of rotatable bonds is 2. The van der Waals surface area contributed by atoms with Gasteiger partial charge in [-0.2, -0.15) is 0 Å². The van der Waals surface area contributed by atoms with Crippen molar-refractivity contribution in [1.29, 1.82) is 0 Å². The number of hydrogen-bond acceptors (Lipinski definition) is 1. The summed E-state index contributed by atoms with van der Waals surface area (Å²) in [6.45, 7) is 0. The first-order valence-corrected chi connectivity index (χ1v) is 5.87. The van der Waals surface area contributed by atoms with Crippen LogP contribution in [-0.4, -0.2) is 4.98 Å². The van der Waals surface area contributed by atoms with Gasteiger partial charge in [0.05, 0.1) is 10.5 Å². The van der Waals surface area contributed by atoms with Gasteiger partial charge in [-0.1, -0.05) is 45.7 Å². The van der Waals surface area contributed by atoms with E-state index in [-0.39, 0.29) is 4.83 Å². The minimum Gasteiger partial charge on any atom is -0.260 e. The van der Waals surface area contributed by atoms with Gasteiger partial charge in [-0.05, 0) is 29.8 Å². The summed E-state index contributed by atoms with van der Waals surface area (Å²) < 4.78 is 0. The lowest BCUT2D eigenvalue weighted by Gasteiger charge is -2.09. The molecule has 0 aliphatic heterocycles. The third kappa shape index (κ3) is 2.58. The third-order valence-electron chi connectivity index (χ3n) is 2.11. The van der Waals surface area contributed by atoms with Crippen LogP contribution in [0.4, 0.5) is 0 Å². The lowest BCUT2D eigenvalue weighted by atomic mass is 10.1. The molecule has 1 heterocycles. The Bertz CT molecular complexity index is 427. The van der Waals surface area contributed by atoms with E-state index in [9.17, 15) is 0 Å². The van der Waals surface area contributed by atoms with E-state index in [0.717, 1.165) is 16.3 Å². The molecule has 0 fully saturated rings. The van der Waals surface area contributed by atoms with E-state index in [0.29, 0.717) is 0 Å². The number of benzene rings is 1. The summed E-state index contributed by atoms with van der Waals surface area (Å²) in [5.41, 5.74) is 2.15. The number of halogens is 2. The number of hydrogen-bond donors (Lipinski definition) is 0. The van der Waals surface area contributed by atoms with Gasteiger partial charge in [0.1, 0.15) is 0 Å². The molecule has 0 saturated carbocycles. The van der Waals surface area contributed by atoms with Gasteiger partial charge in [-0.15, -0.1) is 0 Å². The van der Waals surface area contributed by atoms with Crippen molar-refractivity contribution in [2.75, 3.05) is 0 Å². The monoisotopic (exact) mass is 281 g/mol. The second-order valence-corrected chi connectivity index (χ2v) is 4.52. The third-order valence-corrected chi connectivity index (χ3v) is 3.36. The second-order valence-electron chi connectivity index (χ2n) is 3.17. The molecule has 2 aromatic rings. The Morgan fingerprint density at radius 1 is 1.07 bits per heavy atom. The first-order chi connectivity index (χ1) is 7.27. The van der Waals surface area contributed by atoms with Crippen LogP contribution < -0.4 is 0 Å². The molecule has 0 bridgehead atoms. The normalized spacial score (nSPS) is 12.4. The SMILES string of the molecule is Clc1ccc([C@@H](Br)c2ccccn2)cc1. The summed E-state index contributed by atoms with van der Waals surface area (Å²) in [5.74, 6) is 0. The standard InChI is InChI=1S/C12H9BrClN/c13-12(11-3-1-2-8-15-11)9-4-6-10(14)7-5-9/h1-8,12H/t12-/m1/s1. The highest BCUT2D eigenvalue weighted by atomic mass is 79.9. The van der Waals surface area contributed by atoms with Gasteiger partial charge >= 0.3 is 0 Å². The Morgan fingerprint density at radius 3 is 2.40 bits per heavy atom. The lowest BCUT2D eigenvalue weighted by Crippen LogP contribution is -1.94. The highest BCUT2D eigenvalue weighted by Gasteiger charge is 2.10. The maximum atomic E-state index is 5.83. The van der Waals surface area contributed by atoms with Gasteiger partial charge in [0.2, 0.25) is 0 Å². The molecule has 0 spiro atoms. The quantitative estimate of drug-likeness (QED) is 0.752. The van der Waals surface area contributed by atoms with Crippen LogP contribution in [0.15, 0.2) is 48.7 Å². The van der Waals surface area contributed by atoms with Gasteiger partial charge < -0.3 is 0 Å². The number of alkyl halides is 1. The molecule has 0 aliphatic carbocycles. The van der Waals surface area contributed by atoms with Crippen LogP contribution in [0.5, 0.6) is 0 Å². The van der Waals surface area contributed by atoms with Crippen LogP contribution in [0.25, 0.3) is 0 Å². The molecule has 0 saturated heterocycles. The van der Waals surface area contributed by atoms with Crippen molar-refractivity contribution < 1.29 is 0 Å². The topological polar surface area (TPSA) is 12.9 Å². The van der Waals surface area contributed by atoms with E-state index >= 15 is 0 Å². The van der Waals surface area contributed by atoms with Crippen molar-refractivity contribution >= 4 is 27.5 Å². The molecule has 0 N–H and O–H groups in total. The molecule has 1 atom stereocenters. The van der Waals surface area contributed by atoms with Gasteiger partial charge in [0, 0.05) is 11.2 Å². The first-order valence-electron chi connectivity index (χ1n) is 4.58. The largest absolute Gasteiger partial charge is 0.260 e. The van der Waals surface area contributed by atoms with Crippen LogP contribution in [0.2, 0.25) is 5.02 Å². The summed E-state index contributed by atoms with van der Waals surface area (Å²) in [6.07, 6.45) is 1.79. The van der Waals surface area contributed by atoms with Gasteiger partial charge in [0.25, 0.3) is 0 Å². The number of nitrogens with zero attached hydrogens (tertiary/aromatic N) is 1. The minimum atomic E-state index is 0.121. The summed E-state index contributed by atoms with van der Waals surface area (Å²) in [5, 5.41) is 0.750. The van der Waals surface area contributed by atoms with E-state index in [1.807, 2.05) is 42.5 Å². The van der Waals surface area contributed by atoms with E-state index in [1.165, 1.54) is 0 Å². The second kappa shape index (κ2) is 4.77. The molecule has 0 amide bonds. The van der Waals surface area contributed by atoms with Crippen LogP contribution in [0, 0.1) is 0 Å². The zero-order valence-electron chi connectivity index (χ0n) is 7.90. The zero-order chi connectivity index (χ0) is 10.7. The van der Waals surface area contributed by atoms with Crippen LogP contribution in [0.1, 0.15) is 16.1 Å². The maximum Gasteiger partial charge on any atom is 0.0816 e. The summed E-state index contributed by atoms with van der Waals surface area (Å²) >= 11 is 9.44. The van der Waals surface area contributed by atoms with Crippen LogP contribution in [-0.2, 0) is 0 Å². The predicted molar refractivity (Wildman–Crippen MR) is 66.5 cm³/mol. The van der Waals surface area contributed by atoms with Gasteiger partial charge in [0.15, 0.2) is 0 Å². The van der Waals surface area contributed by atoms with Gasteiger partial charge in [-0.3, -0.25) is 4.98 Å². The van der Waals surface area contributed by atoms with Crippen LogP contribution in [0.3, 0.4) is 0 Å². The average Bonchev–Trinajstić information content (AvgIpc) is 2.30. The molecule has 0 aliphatic rings. The van der Waals surface area contributed by atoms with Crippen molar-refractivity contribution in [3.05, 3.63) is 64.9 Å². The van der Waals surface area contributed by atoms with Crippen LogP contribution >= 0.6 is 27.5 Å². The molecule has 1 aromatic heterocycles. The Kier molecular flexibility index (Phi) is 3.39. The molecule has 0 unspecified atom stereocenters. The van der Waals surface area contributed by atoms with E-state index in [2.05, 4.69) is 20.9 Å². The Morgan fingerprint density at radius 2 is 1.80 bits per heavy atom. The number of pyridine rings is 1. The van der Waals surface area contributed by atoms with Crippen molar-refractivity contribution in [2.45, 2.75) is 4.83 Å². The fourth-order valence-electron chi connectivity index (χ4n) is 1.33. The Hall–Kier alpha value is -0.860. The predicted octanol–water partition coefficient (Wildman–Crippen LogP) is 4.22. The van der Waals surface area contributed by atoms with Crippen molar-refractivity contribution in [3.8, 4) is 0 Å². The van der Waals surface area contributed by atoms with E-state index in [4.69, 9.17) is 11.6 Å². The van der Waals surface area contributed by atoms with Crippen molar-refractivity contribution in [3.63, 3.8) is 0 Å². The maximum absolute atomic E-state index is 5.83. The first kappa shape index (κ1) is 10.7. The fraction of sp³-hybridized carbons (Fsp3) is 0.0833. The zero-order valence-corrected chi connectivity index (χ0v) is 10.2. The lowest BCUT2D eigenvalue weighted by molar-refractivity contribution is 1.06. The summed E-state index contributed by atoms with van der Waals surface area (Å²) in [4.78, 5) is 4.42. The highest BCUT2D eigenvalue weighted by molar-refractivity contribution is 9.09. The molecule has 1 nitrogen and oxygen atoms in total. The molecule has 2 rings (SSSR count). The molecule has 76 valence electrons. The van der Waals surface area contributed by atoms with Crippen molar-refractivity contribution in [2.24, 2.45) is 0 Å². The molecule has 1 aromatic carbocycles. The average molecular weight is 283 g/mol. The fourth-order valence-corrected chi connectivity index (χ4v) is 2.03. The summed E-state index contributed by atoms with van der Waals surface area (Å²) in [7, 11) is 0. The highest BCUT2D eigenvalue weighted by Crippen LogP contribution is 2.29. The molecule has 15 heavy (non-hydrogen) atoms. The Labute approximate surface area is 102 Å². The van der Waals surface area contributed by atoms with Crippen molar-refractivity contribution in [1.82, 2.24) is 4.98 Å². The minimum absolute atomic E-state index is 0.121. The van der Waals surface area contributed by atoms with Gasteiger partial charge in [-0.25, -0.2) is 0 Å². The molecular weight excluding hydrogens is 273 g/mol. The molecule has 0 radical (unpaired) electrons. The Balaban J connectivity index is 2.29. The molecule has 3 heteroatoms. The molecular formula is C12H9BrClN. The number of aromatic nitrogens is 1.